The van der Waals surface area contributed by atoms with Gasteiger partial charge in [0.25, 0.3) is 0 Å². The summed E-state index contributed by atoms with van der Waals surface area (Å²) in [5.74, 6) is 0. The lowest BCUT2D eigenvalue weighted by Gasteiger charge is -2.03. The van der Waals surface area contributed by atoms with Crippen LogP contribution in [0, 0.1) is 0 Å². The van der Waals surface area contributed by atoms with Crippen LogP contribution in [0.4, 0.5) is 11.4 Å². The van der Waals surface area contributed by atoms with Crippen molar-refractivity contribution in [2.24, 2.45) is 4.99 Å². The summed E-state index contributed by atoms with van der Waals surface area (Å²) in [5, 5.41) is 3.30. The molecular weight excluding hydrogens is 316 g/mol. The molecule has 0 unspecified atom stereocenters. The summed E-state index contributed by atoms with van der Waals surface area (Å²) in [5.41, 5.74) is 4.48. The van der Waals surface area contributed by atoms with E-state index < -0.39 is 0 Å². The Hall–Kier alpha value is -3.39. The van der Waals surface area contributed by atoms with Crippen molar-refractivity contribution in [2.45, 2.75) is 6.42 Å². The zero-order chi connectivity index (χ0) is 17.9. The second kappa shape index (κ2) is 9.80. The molecule has 26 heavy (non-hydrogen) atoms. The number of aliphatic imine (C=N–C) groups is 1. The van der Waals surface area contributed by atoms with Crippen molar-refractivity contribution in [3.05, 3.63) is 120 Å². The van der Waals surface area contributed by atoms with Crippen LogP contribution in [0.3, 0.4) is 0 Å². The van der Waals surface area contributed by atoms with Gasteiger partial charge in [0.1, 0.15) is 0 Å². The Morgan fingerprint density at radius 3 is 2.08 bits per heavy atom. The molecule has 0 aliphatic rings. The molecule has 0 fully saturated rings. The number of nitrogens with one attached hydrogen (secondary N) is 1. The number of rotatable bonds is 7. The minimum atomic E-state index is 0.856. The molecule has 2 heteroatoms. The van der Waals surface area contributed by atoms with Crippen molar-refractivity contribution in [3.8, 4) is 0 Å². The average molecular weight is 338 g/mol. The van der Waals surface area contributed by atoms with Crippen molar-refractivity contribution in [3.63, 3.8) is 0 Å². The van der Waals surface area contributed by atoms with Crippen LogP contribution in [0.1, 0.15) is 5.56 Å². The molecule has 0 bridgehead atoms. The molecule has 0 aliphatic heterocycles. The Bertz CT molecular complexity index is 864. The molecule has 0 radical (unpaired) electrons. The number of anilines is 1. The minimum Gasteiger partial charge on any atom is -0.362 e. The van der Waals surface area contributed by atoms with Crippen molar-refractivity contribution in [1.82, 2.24) is 0 Å². The van der Waals surface area contributed by atoms with Gasteiger partial charge in [-0.1, -0.05) is 66.7 Å². The average Bonchev–Trinajstić information content (AvgIpc) is 2.70. The van der Waals surface area contributed by atoms with Gasteiger partial charge in [-0.15, -0.1) is 0 Å². The summed E-state index contributed by atoms with van der Waals surface area (Å²) in [6.07, 6.45) is 8.84. The Morgan fingerprint density at radius 1 is 0.769 bits per heavy atom. The fourth-order valence-electron chi connectivity index (χ4n) is 2.52. The predicted molar refractivity (Wildman–Crippen MR) is 112 cm³/mol. The van der Waals surface area contributed by atoms with Gasteiger partial charge in [0, 0.05) is 18.1 Å². The Labute approximate surface area is 155 Å². The third-order valence-corrected chi connectivity index (χ3v) is 3.84. The first kappa shape index (κ1) is 17.4. The highest BCUT2D eigenvalue weighted by atomic mass is 14.8. The fourth-order valence-corrected chi connectivity index (χ4v) is 2.52. The second-order valence-electron chi connectivity index (χ2n) is 5.86. The van der Waals surface area contributed by atoms with Crippen LogP contribution < -0.4 is 5.32 Å². The first-order valence-corrected chi connectivity index (χ1v) is 8.70. The highest BCUT2D eigenvalue weighted by molar-refractivity contribution is 5.76. The summed E-state index contributed by atoms with van der Waals surface area (Å²) in [6.45, 7) is 0. The molecule has 3 aromatic carbocycles. The standard InChI is InChI=1S/C24H22N2/c1-4-10-21(11-5-1)20-22(16-18-25-23-12-6-2-7-13-23)17-19-26-24-14-8-3-9-15-24/h1-19,25H,20H2/b18-16+,22-17-,26-19?. The third-order valence-electron chi connectivity index (χ3n) is 3.84. The monoisotopic (exact) mass is 338 g/mol. The van der Waals surface area contributed by atoms with Crippen LogP contribution in [0.15, 0.2) is 120 Å². The smallest absolute Gasteiger partial charge is 0.0629 e. The van der Waals surface area contributed by atoms with Gasteiger partial charge in [0.15, 0.2) is 0 Å². The topological polar surface area (TPSA) is 24.4 Å². The Kier molecular flexibility index (Phi) is 6.57. The summed E-state index contributed by atoms with van der Waals surface area (Å²) in [4.78, 5) is 4.50. The van der Waals surface area contributed by atoms with E-state index in [9.17, 15) is 0 Å². The maximum atomic E-state index is 4.50. The summed E-state index contributed by atoms with van der Waals surface area (Å²) < 4.78 is 0. The second-order valence-corrected chi connectivity index (χ2v) is 5.86. The molecule has 3 rings (SSSR count). The van der Waals surface area contributed by atoms with E-state index in [-0.39, 0.29) is 0 Å². The van der Waals surface area contributed by atoms with Crippen LogP contribution in [0.25, 0.3) is 0 Å². The molecule has 0 saturated heterocycles. The van der Waals surface area contributed by atoms with E-state index in [1.54, 1.807) is 0 Å². The van der Waals surface area contributed by atoms with Gasteiger partial charge in [-0.2, -0.15) is 0 Å². The molecule has 0 aliphatic carbocycles. The predicted octanol–water partition coefficient (Wildman–Crippen LogP) is 6.18. The van der Waals surface area contributed by atoms with E-state index in [1.807, 2.05) is 79.1 Å². The SMILES string of the molecule is C(/C=C(/C=C/Nc1ccccc1)Cc1ccccc1)=Nc1ccccc1. The van der Waals surface area contributed by atoms with Gasteiger partial charge in [-0.05, 0) is 54.0 Å². The van der Waals surface area contributed by atoms with E-state index in [0.717, 1.165) is 17.8 Å². The summed E-state index contributed by atoms with van der Waals surface area (Å²) in [7, 11) is 0. The van der Waals surface area contributed by atoms with Crippen molar-refractivity contribution < 1.29 is 0 Å². The lowest BCUT2D eigenvalue weighted by molar-refractivity contribution is 1.20. The Morgan fingerprint density at radius 2 is 1.38 bits per heavy atom. The Balaban J connectivity index is 1.72. The molecule has 0 amide bonds. The zero-order valence-corrected chi connectivity index (χ0v) is 14.6. The lowest BCUT2D eigenvalue weighted by atomic mass is 10.1. The maximum Gasteiger partial charge on any atom is 0.0629 e. The van der Waals surface area contributed by atoms with Gasteiger partial charge in [0.05, 0.1) is 5.69 Å². The van der Waals surface area contributed by atoms with Crippen LogP contribution in [-0.2, 0) is 6.42 Å². The molecule has 128 valence electrons. The number of benzene rings is 3. The number of hydrogen-bond donors (Lipinski definition) is 1. The van der Waals surface area contributed by atoms with Gasteiger partial charge in [-0.25, -0.2) is 0 Å². The quantitative estimate of drug-likeness (QED) is 0.403. The van der Waals surface area contributed by atoms with Crippen LogP contribution in [0.2, 0.25) is 0 Å². The molecule has 0 atom stereocenters. The van der Waals surface area contributed by atoms with E-state index >= 15 is 0 Å². The van der Waals surface area contributed by atoms with Crippen molar-refractivity contribution >= 4 is 17.6 Å². The number of hydrogen-bond acceptors (Lipinski definition) is 2. The van der Waals surface area contributed by atoms with Crippen molar-refractivity contribution in [1.29, 1.82) is 0 Å². The molecule has 3 aromatic rings. The van der Waals surface area contributed by atoms with Crippen LogP contribution in [-0.4, -0.2) is 6.21 Å². The maximum absolute atomic E-state index is 4.50. The first-order chi connectivity index (χ1) is 12.9. The molecular formula is C24H22N2. The number of para-hydroxylation sites is 2. The largest absolute Gasteiger partial charge is 0.362 e. The van der Waals surface area contributed by atoms with Crippen molar-refractivity contribution in [2.75, 3.05) is 5.32 Å². The van der Waals surface area contributed by atoms with Gasteiger partial charge in [0.2, 0.25) is 0 Å². The number of allylic oxidation sites excluding steroid dienone is 3. The number of nitrogens with zero attached hydrogens (tertiary/aromatic N) is 1. The summed E-state index contributed by atoms with van der Waals surface area (Å²) >= 11 is 0. The minimum absolute atomic E-state index is 0.856. The highest BCUT2D eigenvalue weighted by Gasteiger charge is 1.96. The first-order valence-electron chi connectivity index (χ1n) is 8.70. The molecule has 0 spiro atoms. The zero-order valence-electron chi connectivity index (χ0n) is 14.6. The molecule has 1 N–H and O–H groups in total. The normalized spacial score (nSPS) is 11.9. The lowest BCUT2D eigenvalue weighted by Crippen LogP contribution is -1.91. The molecule has 0 aromatic heterocycles. The molecule has 0 heterocycles. The van der Waals surface area contributed by atoms with E-state index in [1.165, 1.54) is 11.1 Å². The summed E-state index contributed by atoms with van der Waals surface area (Å²) in [6, 6.07) is 30.5. The highest BCUT2D eigenvalue weighted by Crippen LogP contribution is 2.12. The van der Waals surface area contributed by atoms with E-state index in [4.69, 9.17) is 0 Å². The van der Waals surface area contributed by atoms with Gasteiger partial charge >= 0.3 is 0 Å². The van der Waals surface area contributed by atoms with Gasteiger partial charge < -0.3 is 5.32 Å². The van der Waals surface area contributed by atoms with E-state index in [0.29, 0.717) is 0 Å². The molecule has 2 nitrogen and oxygen atoms in total. The van der Waals surface area contributed by atoms with Gasteiger partial charge in [-0.3, -0.25) is 4.99 Å². The van der Waals surface area contributed by atoms with Crippen LogP contribution in [0.5, 0.6) is 0 Å². The van der Waals surface area contributed by atoms with Crippen LogP contribution >= 0.6 is 0 Å². The third kappa shape index (κ3) is 5.91. The van der Waals surface area contributed by atoms with E-state index in [2.05, 4.69) is 46.7 Å². The molecule has 0 saturated carbocycles. The fraction of sp³-hybridized carbons (Fsp3) is 0.0417.